The van der Waals surface area contributed by atoms with E-state index in [0.717, 1.165) is 12.3 Å². The summed E-state index contributed by atoms with van der Waals surface area (Å²) in [5.74, 6) is 0.763. The molecule has 1 unspecified atom stereocenters. The standard InChI is InChI=1S/C9H9ClS/c10-6-8-5-7-3-1-2-4-9(7)11-8/h1-4,8H,5-6H2. The Hall–Kier alpha value is -0.140. The Morgan fingerprint density at radius 2 is 2.27 bits per heavy atom. The van der Waals surface area contributed by atoms with E-state index in [-0.39, 0.29) is 0 Å². The van der Waals surface area contributed by atoms with E-state index in [4.69, 9.17) is 11.6 Å². The summed E-state index contributed by atoms with van der Waals surface area (Å²) in [4.78, 5) is 1.41. The van der Waals surface area contributed by atoms with Crippen LogP contribution < -0.4 is 0 Å². The van der Waals surface area contributed by atoms with E-state index in [2.05, 4.69) is 24.3 Å². The smallest absolute Gasteiger partial charge is 0.0349 e. The SMILES string of the molecule is ClCC1Cc2ccccc2S1. The Bertz CT molecular complexity index is 234. The third kappa shape index (κ3) is 1.40. The summed E-state index contributed by atoms with van der Waals surface area (Å²) < 4.78 is 0. The highest BCUT2D eigenvalue weighted by molar-refractivity contribution is 8.00. The normalized spacial score (nSPS) is 21.7. The first-order valence-corrected chi connectivity index (χ1v) is 5.12. The van der Waals surface area contributed by atoms with Gasteiger partial charge >= 0.3 is 0 Å². The first-order chi connectivity index (χ1) is 5.40. The van der Waals surface area contributed by atoms with Crippen molar-refractivity contribution >= 4 is 23.4 Å². The maximum absolute atomic E-state index is 5.78. The van der Waals surface area contributed by atoms with Crippen molar-refractivity contribution in [3.8, 4) is 0 Å². The molecule has 1 aromatic carbocycles. The second-order valence-electron chi connectivity index (χ2n) is 2.71. The number of alkyl halides is 1. The van der Waals surface area contributed by atoms with Crippen molar-refractivity contribution in [2.75, 3.05) is 5.88 Å². The zero-order chi connectivity index (χ0) is 7.68. The van der Waals surface area contributed by atoms with Crippen LogP contribution in [-0.4, -0.2) is 11.1 Å². The molecule has 58 valence electrons. The monoisotopic (exact) mass is 184 g/mol. The lowest BCUT2D eigenvalue weighted by Gasteiger charge is -1.98. The molecule has 0 N–H and O–H groups in total. The first kappa shape index (κ1) is 7.51. The number of benzene rings is 1. The van der Waals surface area contributed by atoms with Crippen LogP contribution in [0.5, 0.6) is 0 Å². The van der Waals surface area contributed by atoms with Crippen LogP contribution in [-0.2, 0) is 6.42 Å². The van der Waals surface area contributed by atoms with Gasteiger partial charge in [0.25, 0.3) is 0 Å². The van der Waals surface area contributed by atoms with Crippen LogP contribution in [0.15, 0.2) is 29.2 Å². The number of hydrogen-bond donors (Lipinski definition) is 0. The summed E-state index contributed by atoms with van der Waals surface area (Å²) in [6, 6.07) is 8.54. The van der Waals surface area contributed by atoms with Crippen LogP contribution >= 0.6 is 23.4 Å². The van der Waals surface area contributed by atoms with Gasteiger partial charge in [-0.25, -0.2) is 0 Å². The average molecular weight is 185 g/mol. The lowest BCUT2D eigenvalue weighted by molar-refractivity contribution is 0.966. The molecule has 1 aliphatic heterocycles. The molecule has 1 aromatic rings. The second-order valence-corrected chi connectivity index (χ2v) is 4.36. The largest absolute Gasteiger partial charge is 0.125 e. The zero-order valence-corrected chi connectivity index (χ0v) is 7.66. The Morgan fingerprint density at radius 3 is 3.00 bits per heavy atom. The van der Waals surface area contributed by atoms with Crippen LogP contribution in [0.1, 0.15) is 5.56 Å². The van der Waals surface area contributed by atoms with E-state index in [0.29, 0.717) is 5.25 Å². The van der Waals surface area contributed by atoms with Gasteiger partial charge in [0.05, 0.1) is 0 Å². The fourth-order valence-electron chi connectivity index (χ4n) is 1.34. The van der Waals surface area contributed by atoms with E-state index in [9.17, 15) is 0 Å². The number of halogens is 1. The maximum Gasteiger partial charge on any atom is 0.0349 e. The molecule has 1 aliphatic rings. The van der Waals surface area contributed by atoms with Gasteiger partial charge in [-0.05, 0) is 18.1 Å². The topological polar surface area (TPSA) is 0 Å². The highest BCUT2D eigenvalue weighted by Crippen LogP contribution is 2.36. The molecule has 0 saturated carbocycles. The number of hydrogen-bond acceptors (Lipinski definition) is 1. The molecule has 1 heterocycles. The van der Waals surface area contributed by atoms with Gasteiger partial charge in [-0.3, -0.25) is 0 Å². The summed E-state index contributed by atoms with van der Waals surface area (Å²) in [5.41, 5.74) is 1.46. The van der Waals surface area contributed by atoms with Gasteiger partial charge in [0.15, 0.2) is 0 Å². The van der Waals surface area contributed by atoms with Gasteiger partial charge in [0.2, 0.25) is 0 Å². The van der Waals surface area contributed by atoms with Gasteiger partial charge < -0.3 is 0 Å². The van der Waals surface area contributed by atoms with E-state index >= 15 is 0 Å². The Balaban J connectivity index is 2.27. The van der Waals surface area contributed by atoms with Gasteiger partial charge in [0, 0.05) is 16.0 Å². The summed E-state index contributed by atoms with van der Waals surface area (Å²) in [5, 5.41) is 0.606. The molecular weight excluding hydrogens is 176 g/mol. The molecule has 0 nitrogen and oxygen atoms in total. The molecule has 11 heavy (non-hydrogen) atoms. The Morgan fingerprint density at radius 1 is 1.45 bits per heavy atom. The van der Waals surface area contributed by atoms with E-state index in [1.165, 1.54) is 10.5 Å². The minimum absolute atomic E-state index is 0.606. The fourth-order valence-corrected chi connectivity index (χ4v) is 2.78. The lowest BCUT2D eigenvalue weighted by Crippen LogP contribution is -2.00. The van der Waals surface area contributed by atoms with Gasteiger partial charge in [-0.15, -0.1) is 23.4 Å². The van der Waals surface area contributed by atoms with E-state index in [1.807, 2.05) is 11.8 Å². The highest BCUT2D eigenvalue weighted by Gasteiger charge is 2.19. The molecule has 0 fully saturated rings. The third-order valence-electron chi connectivity index (χ3n) is 1.89. The quantitative estimate of drug-likeness (QED) is 0.605. The van der Waals surface area contributed by atoms with Crippen molar-refractivity contribution in [3.63, 3.8) is 0 Å². The van der Waals surface area contributed by atoms with Gasteiger partial charge in [-0.2, -0.15) is 0 Å². The predicted octanol–water partition coefficient (Wildman–Crippen LogP) is 2.94. The minimum atomic E-state index is 0.606. The first-order valence-electron chi connectivity index (χ1n) is 3.70. The molecule has 2 heteroatoms. The molecule has 0 amide bonds. The fraction of sp³-hybridized carbons (Fsp3) is 0.333. The number of rotatable bonds is 1. The van der Waals surface area contributed by atoms with E-state index < -0.39 is 0 Å². The molecular formula is C9H9ClS. The van der Waals surface area contributed by atoms with Gasteiger partial charge in [-0.1, -0.05) is 18.2 Å². The summed E-state index contributed by atoms with van der Waals surface area (Å²) in [7, 11) is 0. The average Bonchev–Trinajstić information content (AvgIpc) is 2.46. The molecule has 0 radical (unpaired) electrons. The zero-order valence-electron chi connectivity index (χ0n) is 6.09. The number of fused-ring (bicyclic) bond motifs is 1. The van der Waals surface area contributed by atoms with Crippen molar-refractivity contribution < 1.29 is 0 Å². The van der Waals surface area contributed by atoms with Crippen molar-refractivity contribution in [2.24, 2.45) is 0 Å². The molecule has 0 bridgehead atoms. The summed E-state index contributed by atoms with van der Waals surface area (Å²) in [6.45, 7) is 0. The third-order valence-corrected chi connectivity index (χ3v) is 3.76. The van der Waals surface area contributed by atoms with E-state index in [1.54, 1.807) is 0 Å². The maximum atomic E-state index is 5.78. The molecule has 0 saturated heterocycles. The van der Waals surface area contributed by atoms with Crippen molar-refractivity contribution in [2.45, 2.75) is 16.6 Å². The second kappa shape index (κ2) is 3.08. The lowest BCUT2D eigenvalue weighted by atomic mass is 10.1. The predicted molar refractivity (Wildman–Crippen MR) is 50.5 cm³/mol. The van der Waals surface area contributed by atoms with Crippen LogP contribution in [0.4, 0.5) is 0 Å². The van der Waals surface area contributed by atoms with Crippen LogP contribution in [0.2, 0.25) is 0 Å². The van der Waals surface area contributed by atoms with Crippen LogP contribution in [0, 0.1) is 0 Å². The van der Waals surface area contributed by atoms with Crippen molar-refractivity contribution in [1.82, 2.24) is 0 Å². The highest BCUT2D eigenvalue weighted by atomic mass is 35.5. The Kier molecular flexibility index (Phi) is 2.10. The molecule has 2 rings (SSSR count). The summed E-state index contributed by atoms with van der Waals surface area (Å²) >= 11 is 7.68. The Labute approximate surface area is 75.9 Å². The molecule has 0 aliphatic carbocycles. The number of thioether (sulfide) groups is 1. The van der Waals surface area contributed by atoms with Gasteiger partial charge in [0.1, 0.15) is 0 Å². The molecule has 0 aromatic heterocycles. The van der Waals surface area contributed by atoms with Crippen LogP contribution in [0.25, 0.3) is 0 Å². The minimum Gasteiger partial charge on any atom is -0.125 e. The molecule has 1 atom stereocenters. The van der Waals surface area contributed by atoms with Crippen molar-refractivity contribution in [1.29, 1.82) is 0 Å². The van der Waals surface area contributed by atoms with Crippen molar-refractivity contribution in [3.05, 3.63) is 29.8 Å². The molecule has 0 spiro atoms. The summed E-state index contributed by atoms with van der Waals surface area (Å²) in [6.07, 6.45) is 1.14. The van der Waals surface area contributed by atoms with Crippen LogP contribution in [0.3, 0.4) is 0 Å².